The zero-order chi connectivity index (χ0) is 18.7. The predicted octanol–water partition coefficient (Wildman–Crippen LogP) is 3.80. The van der Waals surface area contributed by atoms with E-state index >= 15 is 4.39 Å². The molecule has 140 valence electrons. The SMILES string of the molecule is C=C1C(C)=CN(C2CC2)c2c(F)c(N3CC(C)NC(C)C3)c(C)c(N)c21. The van der Waals surface area contributed by atoms with Gasteiger partial charge in [-0.15, -0.1) is 0 Å². The summed E-state index contributed by atoms with van der Waals surface area (Å²) in [6.07, 6.45) is 4.24. The molecule has 0 spiro atoms. The van der Waals surface area contributed by atoms with Crippen LogP contribution in [0.25, 0.3) is 5.57 Å². The summed E-state index contributed by atoms with van der Waals surface area (Å²) in [5.74, 6) is -0.148. The minimum atomic E-state index is -0.148. The fourth-order valence-electron chi connectivity index (χ4n) is 4.45. The second-order valence-corrected chi connectivity index (χ2v) is 8.23. The van der Waals surface area contributed by atoms with Crippen LogP contribution in [0.4, 0.5) is 21.5 Å². The summed E-state index contributed by atoms with van der Waals surface area (Å²) in [5, 5.41) is 3.52. The maximum absolute atomic E-state index is 15.9. The lowest BCUT2D eigenvalue weighted by Crippen LogP contribution is -2.54. The number of fused-ring (bicyclic) bond motifs is 1. The molecule has 4 nitrogen and oxygen atoms in total. The Balaban J connectivity index is 1.90. The minimum Gasteiger partial charge on any atom is -0.398 e. The number of nitrogens with zero attached hydrogens (tertiary/aromatic N) is 2. The van der Waals surface area contributed by atoms with Gasteiger partial charge in [0.15, 0.2) is 5.82 Å². The first-order valence-electron chi connectivity index (χ1n) is 9.58. The van der Waals surface area contributed by atoms with Gasteiger partial charge in [0, 0.05) is 48.7 Å². The van der Waals surface area contributed by atoms with Crippen LogP contribution in [0, 0.1) is 12.7 Å². The van der Waals surface area contributed by atoms with Crippen LogP contribution in [0.15, 0.2) is 18.4 Å². The molecule has 2 atom stereocenters. The minimum absolute atomic E-state index is 0.148. The van der Waals surface area contributed by atoms with Crippen molar-refractivity contribution in [3.63, 3.8) is 0 Å². The van der Waals surface area contributed by atoms with E-state index < -0.39 is 0 Å². The average Bonchev–Trinajstić information content (AvgIpc) is 3.39. The topological polar surface area (TPSA) is 44.5 Å². The van der Waals surface area contributed by atoms with E-state index in [1.165, 1.54) is 0 Å². The molecule has 0 aromatic heterocycles. The molecule has 5 heteroatoms. The zero-order valence-electron chi connectivity index (χ0n) is 16.2. The summed E-state index contributed by atoms with van der Waals surface area (Å²) in [6.45, 7) is 14.0. The third kappa shape index (κ3) is 2.60. The molecule has 1 saturated carbocycles. The van der Waals surface area contributed by atoms with Crippen LogP contribution in [0.3, 0.4) is 0 Å². The Bertz CT molecular complexity index is 799. The summed E-state index contributed by atoms with van der Waals surface area (Å²) < 4.78 is 15.9. The molecule has 1 aliphatic carbocycles. The van der Waals surface area contributed by atoms with Crippen molar-refractivity contribution >= 4 is 22.6 Å². The summed E-state index contributed by atoms with van der Waals surface area (Å²) in [6, 6.07) is 1.00. The molecule has 2 heterocycles. The number of halogens is 1. The molecule has 4 rings (SSSR count). The first-order chi connectivity index (χ1) is 12.3. The number of nitrogens with two attached hydrogens (primary N) is 1. The van der Waals surface area contributed by atoms with E-state index in [9.17, 15) is 0 Å². The number of piperazine rings is 1. The van der Waals surface area contributed by atoms with Crippen molar-refractivity contribution in [2.24, 2.45) is 0 Å². The second kappa shape index (κ2) is 6.02. The Labute approximate surface area is 155 Å². The molecule has 1 saturated heterocycles. The largest absolute Gasteiger partial charge is 0.398 e. The van der Waals surface area contributed by atoms with Gasteiger partial charge in [0.2, 0.25) is 0 Å². The van der Waals surface area contributed by atoms with E-state index in [-0.39, 0.29) is 5.82 Å². The predicted molar refractivity (Wildman–Crippen MR) is 108 cm³/mol. The molecule has 1 aromatic carbocycles. The van der Waals surface area contributed by atoms with Gasteiger partial charge in [-0.3, -0.25) is 0 Å². The Morgan fingerprint density at radius 1 is 1.15 bits per heavy atom. The van der Waals surface area contributed by atoms with Crippen LogP contribution in [0.5, 0.6) is 0 Å². The molecule has 0 bridgehead atoms. The molecule has 26 heavy (non-hydrogen) atoms. The van der Waals surface area contributed by atoms with Gasteiger partial charge in [0.05, 0.1) is 11.4 Å². The van der Waals surface area contributed by atoms with E-state index in [0.29, 0.717) is 35.2 Å². The molecule has 0 radical (unpaired) electrons. The van der Waals surface area contributed by atoms with Crippen molar-refractivity contribution in [2.75, 3.05) is 28.6 Å². The number of anilines is 3. The van der Waals surface area contributed by atoms with E-state index in [4.69, 9.17) is 5.73 Å². The van der Waals surface area contributed by atoms with E-state index in [1.807, 2.05) is 20.0 Å². The number of nitrogens with one attached hydrogen (secondary N) is 1. The summed E-state index contributed by atoms with van der Waals surface area (Å²) in [5.41, 5.74) is 12.0. The van der Waals surface area contributed by atoms with Gasteiger partial charge in [-0.1, -0.05) is 6.58 Å². The monoisotopic (exact) mass is 356 g/mol. The van der Waals surface area contributed by atoms with Crippen LogP contribution in [-0.4, -0.2) is 31.2 Å². The van der Waals surface area contributed by atoms with Gasteiger partial charge in [-0.25, -0.2) is 4.39 Å². The molecule has 2 aliphatic heterocycles. The van der Waals surface area contributed by atoms with Crippen molar-refractivity contribution in [3.8, 4) is 0 Å². The maximum Gasteiger partial charge on any atom is 0.171 e. The van der Waals surface area contributed by atoms with E-state index in [2.05, 4.69) is 35.5 Å². The molecular formula is C21H29FN4. The van der Waals surface area contributed by atoms with Crippen molar-refractivity contribution in [2.45, 2.75) is 58.7 Å². The Kier molecular flexibility index (Phi) is 4.03. The fourth-order valence-corrected chi connectivity index (χ4v) is 4.45. The van der Waals surface area contributed by atoms with Crippen molar-refractivity contribution in [1.82, 2.24) is 5.32 Å². The quantitative estimate of drug-likeness (QED) is 0.791. The molecule has 1 aromatic rings. The van der Waals surface area contributed by atoms with Crippen LogP contribution < -0.4 is 20.9 Å². The van der Waals surface area contributed by atoms with E-state index in [0.717, 1.165) is 48.2 Å². The molecule has 2 unspecified atom stereocenters. The van der Waals surface area contributed by atoms with Gasteiger partial charge < -0.3 is 20.9 Å². The normalized spacial score (nSPS) is 26.0. The highest BCUT2D eigenvalue weighted by molar-refractivity contribution is 5.97. The lowest BCUT2D eigenvalue weighted by molar-refractivity contribution is 0.403. The number of nitrogen functional groups attached to an aromatic ring is 1. The van der Waals surface area contributed by atoms with Crippen LogP contribution in [0.1, 0.15) is 44.7 Å². The standard InChI is InChI=1S/C21H29FN4/c1-11-8-26(16-6-7-16)21-17(14(11)4)19(23)15(5)20(18(21)22)25-9-12(2)24-13(3)10-25/h8,12-13,16,24H,4,6-7,9-10,23H2,1-3,5H3. The van der Waals surface area contributed by atoms with Gasteiger partial charge in [0.25, 0.3) is 0 Å². The molecule has 0 amide bonds. The second-order valence-electron chi connectivity index (χ2n) is 8.23. The summed E-state index contributed by atoms with van der Waals surface area (Å²) in [7, 11) is 0. The number of rotatable bonds is 2. The summed E-state index contributed by atoms with van der Waals surface area (Å²) in [4.78, 5) is 4.26. The Hall–Kier alpha value is -2.01. The first kappa shape index (κ1) is 17.4. The van der Waals surface area contributed by atoms with E-state index in [1.54, 1.807) is 0 Å². The highest BCUT2D eigenvalue weighted by atomic mass is 19.1. The van der Waals surface area contributed by atoms with Crippen molar-refractivity contribution < 1.29 is 4.39 Å². The average molecular weight is 356 g/mol. The lowest BCUT2D eigenvalue weighted by atomic mass is 9.90. The maximum atomic E-state index is 15.9. The lowest BCUT2D eigenvalue weighted by Gasteiger charge is -2.40. The fraction of sp³-hybridized carbons (Fsp3) is 0.524. The third-order valence-electron chi connectivity index (χ3n) is 5.86. The third-order valence-corrected chi connectivity index (χ3v) is 5.86. The molecule has 2 fully saturated rings. The number of hydrogen-bond donors (Lipinski definition) is 2. The highest BCUT2D eigenvalue weighted by Crippen LogP contribution is 2.50. The van der Waals surface area contributed by atoms with Gasteiger partial charge in [-0.2, -0.15) is 0 Å². The number of hydrogen-bond acceptors (Lipinski definition) is 4. The van der Waals surface area contributed by atoms with Gasteiger partial charge in [-0.05, 0) is 57.2 Å². The van der Waals surface area contributed by atoms with Crippen molar-refractivity contribution in [1.29, 1.82) is 0 Å². The van der Waals surface area contributed by atoms with Crippen LogP contribution >= 0.6 is 0 Å². The summed E-state index contributed by atoms with van der Waals surface area (Å²) >= 11 is 0. The van der Waals surface area contributed by atoms with Crippen LogP contribution in [-0.2, 0) is 0 Å². The zero-order valence-corrected chi connectivity index (χ0v) is 16.2. The first-order valence-corrected chi connectivity index (χ1v) is 9.58. The molecular weight excluding hydrogens is 327 g/mol. The highest BCUT2D eigenvalue weighted by Gasteiger charge is 2.38. The Morgan fingerprint density at radius 2 is 1.77 bits per heavy atom. The van der Waals surface area contributed by atoms with Crippen molar-refractivity contribution in [3.05, 3.63) is 35.3 Å². The van der Waals surface area contributed by atoms with Gasteiger partial charge >= 0.3 is 0 Å². The van der Waals surface area contributed by atoms with Gasteiger partial charge in [0.1, 0.15) is 0 Å². The number of benzene rings is 1. The smallest absolute Gasteiger partial charge is 0.171 e. The Morgan fingerprint density at radius 3 is 2.35 bits per heavy atom. The molecule has 3 N–H and O–H groups in total. The molecule has 3 aliphatic rings. The number of allylic oxidation sites excluding steroid dienone is 2. The van der Waals surface area contributed by atoms with Crippen LogP contribution in [0.2, 0.25) is 0 Å².